The highest BCUT2D eigenvalue weighted by Crippen LogP contribution is 2.27. The fourth-order valence-corrected chi connectivity index (χ4v) is 2.76. The highest BCUT2D eigenvalue weighted by molar-refractivity contribution is 6.32. The topological polar surface area (TPSA) is 3.88 Å². The normalized spacial score (nSPS) is 10.6. The third kappa shape index (κ3) is 2.81. The Bertz CT molecular complexity index is 779. The van der Waals surface area contributed by atoms with Crippen molar-refractivity contribution in [2.45, 2.75) is 6.92 Å². The van der Waals surface area contributed by atoms with Crippen molar-refractivity contribution in [3.05, 3.63) is 72.4 Å². The van der Waals surface area contributed by atoms with Gasteiger partial charge in [-0.15, -0.1) is 0 Å². The van der Waals surface area contributed by atoms with E-state index in [1.807, 2.05) is 6.07 Å². The summed E-state index contributed by atoms with van der Waals surface area (Å²) in [6, 6.07) is 21.4. The van der Waals surface area contributed by atoms with Gasteiger partial charge in [0, 0.05) is 17.7 Å². The third-order valence-corrected chi connectivity index (χ3v) is 4.08. The molecule has 0 unspecified atom stereocenters. The van der Waals surface area contributed by atoms with Crippen molar-refractivity contribution >= 4 is 15.4 Å². The SMILES string of the molecule is Cc1ccc(-c2ccccc2)cc1-c1cc([Si])cc[n+]1C. The van der Waals surface area contributed by atoms with Crippen molar-refractivity contribution in [1.29, 1.82) is 0 Å². The first kappa shape index (κ1) is 13.8. The summed E-state index contributed by atoms with van der Waals surface area (Å²) in [5.41, 5.74) is 6.24. The van der Waals surface area contributed by atoms with E-state index >= 15 is 0 Å². The molecule has 0 saturated carbocycles. The van der Waals surface area contributed by atoms with Crippen LogP contribution < -0.4 is 9.75 Å². The molecule has 0 aliphatic heterocycles. The average molecular weight is 287 g/mol. The van der Waals surface area contributed by atoms with Crippen LogP contribution in [0.1, 0.15) is 5.56 Å². The number of benzene rings is 2. The minimum atomic E-state index is 1.09. The van der Waals surface area contributed by atoms with Crippen molar-refractivity contribution in [3.8, 4) is 22.4 Å². The van der Waals surface area contributed by atoms with Gasteiger partial charge in [-0.25, -0.2) is 4.57 Å². The van der Waals surface area contributed by atoms with Gasteiger partial charge in [-0.2, -0.15) is 0 Å². The van der Waals surface area contributed by atoms with Gasteiger partial charge in [-0.05, 0) is 29.7 Å². The van der Waals surface area contributed by atoms with Gasteiger partial charge in [0.2, 0.25) is 5.69 Å². The number of pyridine rings is 1. The first-order valence-electron chi connectivity index (χ1n) is 7.03. The molecule has 2 heteroatoms. The zero-order valence-electron chi connectivity index (χ0n) is 12.3. The maximum atomic E-state index is 3.62. The zero-order chi connectivity index (χ0) is 14.8. The molecule has 2 aromatic carbocycles. The first-order chi connectivity index (χ1) is 10.1. The van der Waals surface area contributed by atoms with Gasteiger partial charge in [0.1, 0.15) is 7.05 Å². The van der Waals surface area contributed by atoms with E-state index in [0.29, 0.717) is 0 Å². The summed E-state index contributed by atoms with van der Waals surface area (Å²) < 4.78 is 2.15. The lowest BCUT2D eigenvalue weighted by atomic mass is 9.97. The molecule has 21 heavy (non-hydrogen) atoms. The molecule has 3 rings (SSSR count). The van der Waals surface area contributed by atoms with Gasteiger partial charge in [-0.1, -0.05) is 47.7 Å². The number of rotatable bonds is 2. The molecular formula is C19H17NSi+. The van der Waals surface area contributed by atoms with Crippen molar-refractivity contribution < 1.29 is 4.57 Å². The van der Waals surface area contributed by atoms with E-state index in [-0.39, 0.29) is 0 Å². The van der Waals surface area contributed by atoms with Crippen molar-refractivity contribution in [2.75, 3.05) is 0 Å². The molecule has 3 radical (unpaired) electrons. The van der Waals surface area contributed by atoms with Crippen LogP contribution in [0.4, 0.5) is 0 Å². The molecule has 1 heterocycles. The molecule has 0 aliphatic carbocycles. The summed E-state index contributed by atoms with van der Waals surface area (Å²) in [5, 5.41) is 1.09. The third-order valence-electron chi connectivity index (χ3n) is 3.77. The molecule has 0 spiro atoms. The predicted octanol–water partition coefficient (Wildman–Crippen LogP) is 2.95. The average Bonchev–Trinajstić information content (AvgIpc) is 2.51. The van der Waals surface area contributed by atoms with E-state index in [9.17, 15) is 0 Å². The Balaban J connectivity index is 2.17. The van der Waals surface area contributed by atoms with E-state index in [0.717, 1.165) is 5.19 Å². The molecule has 101 valence electrons. The quantitative estimate of drug-likeness (QED) is 0.504. The Morgan fingerprint density at radius 2 is 1.62 bits per heavy atom. The van der Waals surface area contributed by atoms with Crippen LogP contribution in [0.3, 0.4) is 0 Å². The maximum absolute atomic E-state index is 3.62. The van der Waals surface area contributed by atoms with Crippen molar-refractivity contribution in [1.82, 2.24) is 0 Å². The second-order valence-corrected chi connectivity index (χ2v) is 5.88. The van der Waals surface area contributed by atoms with Crippen LogP contribution in [-0.4, -0.2) is 10.2 Å². The lowest BCUT2D eigenvalue weighted by Gasteiger charge is -2.08. The number of hydrogen-bond donors (Lipinski definition) is 0. The molecule has 0 atom stereocenters. The van der Waals surface area contributed by atoms with Gasteiger partial charge in [0.25, 0.3) is 0 Å². The maximum Gasteiger partial charge on any atom is 0.212 e. The lowest BCUT2D eigenvalue weighted by molar-refractivity contribution is -0.660. The smallest absolute Gasteiger partial charge is 0.201 e. The number of hydrogen-bond acceptors (Lipinski definition) is 0. The molecule has 1 nitrogen and oxygen atoms in total. The van der Waals surface area contributed by atoms with Crippen LogP contribution >= 0.6 is 0 Å². The lowest BCUT2D eigenvalue weighted by Crippen LogP contribution is -2.32. The first-order valence-corrected chi connectivity index (χ1v) is 7.53. The Morgan fingerprint density at radius 3 is 2.38 bits per heavy atom. The molecule has 0 N–H and O–H groups in total. The van der Waals surface area contributed by atoms with Gasteiger partial charge < -0.3 is 0 Å². The molecule has 0 fully saturated rings. The zero-order valence-corrected chi connectivity index (χ0v) is 13.3. The van der Waals surface area contributed by atoms with Crippen LogP contribution in [0, 0.1) is 6.92 Å². The number of nitrogens with zero attached hydrogens (tertiary/aromatic N) is 1. The Labute approximate surface area is 129 Å². The molecule has 0 bridgehead atoms. The van der Waals surface area contributed by atoms with Crippen LogP contribution in [0.15, 0.2) is 66.9 Å². The van der Waals surface area contributed by atoms with E-state index < -0.39 is 0 Å². The van der Waals surface area contributed by atoms with Crippen LogP contribution in [-0.2, 0) is 7.05 Å². The summed E-state index contributed by atoms with van der Waals surface area (Å²) in [6.45, 7) is 2.16. The second-order valence-electron chi connectivity index (χ2n) is 5.31. The summed E-state index contributed by atoms with van der Waals surface area (Å²) >= 11 is 0. The largest absolute Gasteiger partial charge is 0.212 e. The second kappa shape index (κ2) is 5.66. The standard InChI is InChI=1S/C19H17NSi/c1-14-8-9-16(15-6-4-3-5-7-15)12-18(14)19-13-17(21)10-11-20(19)2/h3-13H,1-2H3/q+1. The van der Waals surface area contributed by atoms with Gasteiger partial charge >= 0.3 is 0 Å². The fourth-order valence-electron chi connectivity index (χ4n) is 2.55. The molecule has 3 aromatic rings. The highest BCUT2D eigenvalue weighted by Gasteiger charge is 2.13. The molecular weight excluding hydrogens is 270 g/mol. The summed E-state index contributed by atoms with van der Waals surface area (Å²) in [6.07, 6.45) is 2.08. The predicted molar refractivity (Wildman–Crippen MR) is 88.6 cm³/mol. The van der Waals surface area contributed by atoms with E-state index in [1.165, 1.54) is 27.9 Å². The van der Waals surface area contributed by atoms with Gasteiger partial charge in [0.05, 0.1) is 10.2 Å². The van der Waals surface area contributed by atoms with Crippen LogP contribution in [0.5, 0.6) is 0 Å². The minimum absolute atomic E-state index is 1.09. The number of aryl methyl sites for hydroxylation is 2. The molecule has 1 aromatic heterocycles. The fraction of sp³-hybridized carbons (Fsp3) is 0.105. The minimum Gasteiger partial charge on any atom is -0.201 e. The van der Waals surface area contributed by atoms with Crippen LogP contribution in [0.2, 0.25) is 0 Å². The molecule has 0 aliphatic rings. The Hall–Kier alpha value is -2.19. The number of aromatic nitrogens is 1. The summed E-state index contributed by atoms with van der Waals surface area (Å²) in [5.74, 6) is 0. The van der Waals surface area contributed by atoms with Gasteiger partial charge in [0.15, 0.2) is 6.20 Å². The monoisotopic (exact) mass is 287 g/mol. The molecule has 0 saturated heterocycles. The van der Waals surface area contributed by atoms with E-state index in [4.69, 9.17) is 0 Å². The van der Waals surface area contributed by atoms with E-state index in [2.05, 4.69) is 89.6 Å². The Morgan fingerprint density at radius 1 is 0.857 bits per heavy atom. The van der Waals surface area contributed by atoms with Crippen molar-refractivity contribution in [2.24, 2.45) is 7.05 Å². The highest BCUT2D eigenvalue weighted by atomic mass is 28.1. The summed E-state index contributed by atoms with van der Waals surface area (Å²) in [7, 11) is 5.70. The van der Waals surface area contributed by atoms with E-state index in [1.54, 1.807) is 0 Å². The van der Waals surface area contributed by atoms with Crippen LogP contribution in [0.25, 0.3) is 22.4 Å². The summed E-state index contributed by atoms with van der Waals surface area (Å²) in [4.78, 5) is 0. The molecule has 0 amide bonds. The Kier molecular flexibility index (Phi) is 3.71. The van der Waals surface area contributed by atoms with Gasteiger partial charge in [-0.3, -0.25) is 0 Å². The van der Waals surface area contributed by atoms with Crippen molar-refractivity contribution in [3.63, 3.8) is 0 Å².